The van der Waals surface area contributed by atoms with E-state index in [4.69, 9.17) is 9.47 Å². The summed E-state index contributed by atoms with van der Waals surface area (Å²) >= 11 is 0. The molecule has 0 aliphatic heterocycles. The molecule has 1 aromatic rings. The molecule has 1 atom stereocenters. The van der Waals surface area contributed by atoms with Crippen molar-refractivity contribution >= 4 is 5.78 Å². The van der Waals surface area contributed by atoms with Crippen molar-refractivity contribution in [3.63, 3.8) is 0 Å². The molecule has 0 heterocycles. The van der Waals surface area contributed by atoms with Crippen LogP contribution in [0.15, 0.2) is 24.3 Å². The van der Waals surface area contributed by atoms with Gasteiger partial charge in [0, 0.05) is 12.2 Å². The standard InChI is InChI=1S/C16H22O3/c1-4-18-16(11(2)3)15(17)12-6-5-7-14(10-12)19-13-8-9-13/h5-7,10-11,13,16H,4,8-9H2,1-3H3. The van der Waals surface area contributed by atoms with Crippen LogP contribution in [-0.4, -0.2) is 24.6 Å². The molecule has 3 nitrogen and oxygen atoms in total. The summed E-state index contributed by atoms with van der Waals surface area (Å²) in [5.41, 5.74) is 0.672. The Labute approximate surface area is 114 Å². The molecule has 0 radical (unpaired) electrons. The second-order valence-corrected chi connectivity index (χ2v) is 5.33. The van der Waals surface area contributed by atoms with Gasteiger partial charge in [-0.05, 0) is 37.8 Å². The molecule has 1 aromatic carbocycles. The summed E-state index contributed by atoms with van der Waals surface area (Å²) in [6.45, 7) is 6.47. The van der Waals surface area contributed by atoms with Crippen molar-refractivity contribution in [3.05, 3.63) is 29.8 Å². The predicted molar refractivity (Wildman–Crippen MR) is 74.7 cm³/mol. The fraction of sp³-hybridized carbons (Fsp3) is 0.562. The van der Waals surface area contributed by atoms with Gasteiger partial charge in [0.15, 0.2) is 5.78 Å². The van der Waals surface area contributed by atoms with Gasteiger partial charge in [-0.15, -0.1) is 0 Å². The lowest BCUT2D eigenvalue weighted by Crippen LogP contribution is -2.29. The number of Topliss-reactive ketones (excluding diaryl/α,β-unsaturated/α-hetero) is 1. The van der Waals surface area contributed by atoms with Crippen LogP contribution in [0, 0.1) is 5.92 Å². The van der Waals surface area contributed by atoms with Crippen LogP contribution in [-0.2, 0) is 4.74 Å². The first-order valence-electron chi connectivity index (χ1n) is 7.04. The monoisotopic (exact) mass is 262 g/mol. The minimum absolute atomic E-state index is 0.0399. The van der Waals surface area contributed by atoms with Crippen LogP contribution >= 0.6 is 0 Å². The van der Waals surface area contributed by atoms with Gasteiger partial charge in [-0.25, -0.2) is 0 Å². The first-order valence-corrected chi connectivity index (χ1v) is 7.04. The van der Waals surface area contributed by atoms with Gasteiger partial charge in [0.1, 0.15) is 11.9 Å². The van der Waals surface area contributed by atoms with Gasteiger partial charge >= 0.3 is 0 Å². The zero-order valence-electron chi connectivity index (χ0n) is 11.9. The van der Waals surface area contributed by atoms with Gasteiger partial charge in [-0.2, -0.15) is 0 Å². The Morgan fingerprint density at radius 2 is 2.11 bits per heavy atom. The summed E-state index contributed by atoms with van der Waals surface area (Å²) in [6.07, 6.45) is 2.21. The van der Waals surface area contributed by atoms with Crippen LogP contribution < -0.4 is 4.74 Å². The molecule has 1 aliphatic carbocycles. The number of hydrogen-bond donors (Lipinski definition) is 0. The SMILES string of the molecule is CCOC(C(=O)c1cccc(OC2CC2)c1)C(C)C. The second kappa shape index (κ2) is 6.20. The molecule has 0 spiro atoms. The van der Waals surface area contributed by atoms with Crippen LogP contribution in [0.25, 0.3) is 0 Å². The fourth-order valence-electron chi connectivity index (χ4n) is 2.02. The summed E-state index contributed by atoms with van der Waals surface area (Å²) in [5, 5.41) is 0. The molecular weight excluding hydrogens is 240 g/mol. The minimum atomic E-state index is -0.374. The third-order valence-corrected chi connectivity index (χ3v) is 3.16. The van der Waals surface area contributed by atoms with Gasteiger partial charge in [0.2, 0.25) is 0 Å². The summed E-state index contributed by atoms with van der Waals surface area (Å²) in [4.78, 5) is 12.4. The Kier molecular flexibility index (Phi) is 4.59. The normalized spacial score (nSPS) is 16.4. The maximum Gasteiger partial charge on any atom is 0.191 e. The first kappa shape index (κ1) is 14.1. The van der Waals surface area contributed by atoms with Crippen LogP contribution in [0.4, 0.5) is 0 Å². The van der Waals surface area contributed by atoms with Gasteiger partial charge in [0.05, 0.1) is 6.10 Å². The third kappa shape index (κ3) is 3.80. The van der Waals surface area contributed by atoms with Gasteiger partial charge < -0.3 is 9.47 Å². The Bertz CT molecular complexity index is 435. The zero-order chi connectivity index (χ0) is 13.8. The number of carbonyl (C=O) groups is 1. The maximum atomic E-state index is 12.4. The lowest BCUT2D eigenvalue weighted by molar-refractivity contribution is 0.0279. The van der Waals surface area contributed by atoms with E-state index < -0.39 is 0 Å². The Hall–Kier alpha value is -1.35. The predicted octanol–water partition coefficient (Wildman–Crippen LogP) is 3.47. The summed E-state index contributed by atoms with van der Waals surface area (Å²) in [6, 6.07) is 7.43. The molecule has 0 amide bonds. The number of benzene rings is 1. The average Bonchev–Trinajstić information content (AvgIpc) is 3.19. The van der Waals surface area contributed by atoms with Gasteiger partial charge in [0.25, 0.3) is 0 Å². The highest BCUT2D eigenvalue weighted by Crippen LogP contribution is 2.27. The number of carbonyl (C=O) groups excluding carboxylic acids is 1. The van der Waals surface area contributed by atoms with Gasteiger partial charge in [-0.1, -0.05) is 26.0 Å². The highest BCUT2D eigenvalue weighted by molar-refractivity contribution is 6.00. The zero-order valence-corrected chi connectivity index (χ0v) is 11.9. The highest BCUT2D eigenvalue weighted by Gasteiger charge is 2.26. The van der Waals surface area contributed by atoms with E-state index >= 15 is 0 Å². The van der Waals surface area contributed by atoms with Crippen molar-refractivity contribution in [2.24, 2.45) is 5.92 Å². The molecule has 1 unspecified atom stereocenters. The molecule has 19 heavy (non-hydrogen) atoms. The summed E-state index contributed by atoms with van der Waals surface area (Å²) < 4.78 is 11.3. The number of hydrogen-bond acceptors (Lipinski definition) is 3. The topological polar surface area (TPSA) is 35.5 Å². The lowest BCUT2D eigenvalue weighted by atomic mass is 9.97. The van der Waals surface area contributed by atoms with Crippen molar-refractivity contribution in [1.29, 1.82) is 0 Å². The van der Waals surface area contributed by atoms with Crippen molar-refractivity contribution in [3.8, 4) is 5.75 Å². The number of ketones is 1. The number of rotatable bonds is 7. The molecule has 0 bridgehead atoms. The Morgan fingerprint density at radius 1 is 1.37 bits per heavy atom. The average molecular weight is 262 g/mol. The van der Waals surface area contributed by atoms with Crippen molar-refractivity contribution in [1.82, 2.24) is 0 Å². The van der Waals surface area contributed by atoms with Crippen molar-refractivity contribution in [2.45, 2.75) is 45.8 Å². The molecule has 0 aromatic heterocycles. The third-order valence-electron chi connectivity index (χ3n) is 3.16. The quantitative estimate of drug-likeness (QED) is 0.706. The van der Waals surface area contributed by atoms with E-state index in [2.05, 4.69) is 0 Å². The van der Waals surface area contributed by atoms with E-state index in [0.717, 1.165) is 18.6 Å². The molecule has 2 rings (SSSR count). The molecule has 1 saturated carbocycles. The molecule has 3 heteroatoms. The fourth-order valence-corrected chi connectivity index (χ4v) is 2.02. The second-order valence-electron chi connectivity index (χ2n) is 5.33. The van der Waals surface area contributed by atoms with Crippen LogP contribution in [0.1, 0.15) is 44.0 Å². The molecule has 0 N–H and O–H groups in total. The largest absolute Gasteiger partial charge is 0.490 e. The smallest absolute Gasteiger partial charge is 0.191 e. The first-order chi connectivity index (χ1) is 9.11. The van der Waals surface area contributed by atoms with E-state index in [1.54, 1.807) is 0 Å². The molecule has 104 valence electrons. The summed E-state index contributed by atoms with van der Waals surface area (Å²) in [7, 11) is 0. The van der Waals surface area contributed by atoms with E-state index in [1.807, 2.05) is 45.0 Å². The molecule has 1 aliphatic rings. The van der Waals surface area contributed by atoms with E-state index in [-0.39, 0.29) is 17.8 Å². The molecule has 1 fully saturated rings. The van der Waals surface area contributed by atoms with E-state index in [1.165, 1.54) is 0 Å². The van der Waals surface area contributed by atoms with Crippen molar-refractivity contribution in [2.75, 3.05) is 6.61 Å². The maximum absolute atomic E-state index is 12.4. The number of ether oxygens (including phenoxy) is 2. The Balaban J connectivity index is 2.11. The van der Waals surface area contributed by atoms with Crippen LogP contribution in [0.3, 0.4) is 0 Å². The minimum Gasteiger partial charge on any atom is -0.490 e. The Morgan fingerprint density at radius 3 is 2.68 bits per heavy atom. The van der Waals surface area contributed by atoms with Crippen LogP contribution in [0.5, 0.6) is 5.75 Å². The molecule has 0 saturated heterocycles. The molecular formula is C16H22O3. The van der Waals surface area contributed by atoms with E-state index in [0.29, 0.717) is 18.3 Å². The van der Waals surface area contributed by atoms with Crippen LogP contribution in [0.2, 0.25) is 0 Å². The van der Waals surface area contributed by atoms with Gasteiger partial charge in [-0.3, -0.25) is 4.79 Å². The van der Waals surface area contributed by atoms with Crippen molar-refractivity contribution < 1.29 is 14.3 Å². The highest BCUT2D eigenvalue weighted by atomic mass is 16.5. The van der Waals surface area contributed by atoms with E-state index in [9.17, 15) is 4.79 Å². The summed E-state index contributed by atoms with van der Waals surface area (Å²) in [5.74, 6) is 0.992. The lowest BCUT2D eigenvalue weighted by Gasteiger charge is -2.19.